The van der Waals surface area contributed by atoms with Crippen LogP contribution in [0.4, 0.5) is 0 Å². The average molecular weight is 527 g/mol. The third-order valence-electron chi connectivity index (χ3n) is 14.0. The van der Waals surface area contributed by atoms with E-state index in [0.717, 1.165) is 12.8 Å². The molecule has 5 aliphatic rings. The molecule has 0 aromatic heterocycles. The molecule has 0 amide bonds. The van der Waals surface area contributed by atoms with Crippen molar-refractivity contribution in [1.82, 2.24) is 0 Å². The van der Waals surface area contributed by atoms with Crippen LogP contribution in [0, 0.1) is 56.7 Å². The van der Waals surface area contributed by atoms with Crippen molar-refractivity contribution in [3.8, 4) is 0 Å². The normalized spacial score (nSPS) is 49.1. The van der Waals surface area contributed by atoms with Crippen molar-refractivity contribution in [1.29, 1.82) is 0 Å². The topological polar surface area (TPSA) is 52.6 Å². The summed E-state index contributed by atoms with van der Waals surface area (Å²) >= 11 is 0. The van der Waals surface area contributed by atoms with Crippen LogP contribution in [0.25, 0.3) is 0 Å². The fraction of sp³-hybridized carbons (Fsp3) is 0.882. The highest BCUT2D eigenvalue weighted by molar-refractivity contribution is 5.66. The van der Waals surface area contributed by atoms with Crippen molar-refractivity contribution >= 4 is 11.9 Å². The Balaban J connectivity index is 1.49. The molecule has 0 saturated heterocycles. The third kappa shape index (κ3) is 3.80. The second-order valence-corrected chi connectivity index (χ2v) is 15.8. The molecular formula is C34H54O4. The molecule has 5 rings (SSSR count). The van der Waals surface area contributed by atoms with Crippen LogP contribution >= 0.6 is 0 Å². The monoisotopic (exact) mass is 526 g/mol. The summed E-state index contributed by atoms with van der Waals surface area (Å²) in [7, 11) is 0. The summed E-state index contributed by atoms with van der Waals surface area (Å²) in [6, 6.07) is 0. The molecule has 38 heavy (non-hydrogen) atoms. The lowest BCUT2D eigenvalue weighted by Crippen LogP contribution is -2.67. The second-order valence-electron chi connectivity index (χ2n) is 15.8. The number of esters is 2. The van der Waals surface area contributed by atoms with E-state index >= 15 is 0 Å². The van der Waals surface area contributed by atoms with Gasteiger partial charge in [0.25, 0.3) is 0 Å². The molecule has 0 N–H and O–H groups in total. The molecule has 10 atom stereocenters. The average Bonchev–Trinajstić information content (AvgIpc) is 3.20. The maximum atomic E-state index is 11.9. The van der Waals surface area contributed by atoms with Crippen molar-refractivity contribution in [2.75, 3.05) is 6.61 Å². The molecule has 4 heteroatoms. The van der Waals surface area contributed by atoms with Crippen LogP contribution in [-0.4, -0.2) is 24.6 Å². The molecule has 0 spiro atoms. The zero-order chi connectivity index (χ0) is 27.9. The van der Waals surface area contributed by atoms with Crippen molar-refractivity contribution in [2.45, 2.75) is 126 Å². The van der Waals surface area contributed by atoms with Gasteiger partial charge in [0.15, 0.2) is 0 Å². The van der Waals surface area contributed by atoms with E-state index in [1.165, 1.54) is 56.9 Å². The minimum absolute atomic E-state index is 0.00000109. The Morgan fingerprint density at radius 2 is 1.47 bits per heavy atom. The van der Waals surface area contributed by atoms with Gasteiger partial charge in [0.1, 0.15) is 6.10 Å². The Bertz CT molecular complexity index is 998. The Kier molecular flexibility index (Phi) is 6.76. The molecule has 0 aromatic rings. The summed E-state index contributed by atoms with van der Waals surface area (Å²) in [5.41, 5.74) is 2.30. The van der Waals surface area contributed by atoms with E-state index in [1.807, 2.05) is 0 Å². The lowest BCUT2D eigenvalue weighted by molar-refractivity contribution is -0.252. The van der Waals surface area contributed by atoms with Crippen molar-refractivity contribution in [3.63, 3.8) is 0 Å². The number of hydrogen-bond acceptors (Lipinski definition) is 4. The molecular weight excluding hydrogens is 472 g/mol. The van der Waals surface area contributed by atoms with Gasteiger partial charge in [-0.15, -0.1) is 0 Å². The smallest absolute Gasteiger partial charge is 0.302 e. The Labute approximate surface area is 232 Å². The maximum absolute atomic E-state index is 11.9. The van der Waals surface area contributed by atoms with Gasteiger partial charge in [-0.25, -0.2) is 0 Å². The number of fused-ring (bicyclic) bond motifs is 7. The number of hydrogen-bond donors (Lipinski definition) is 0. The molecule has 4 nitrogen and oxygen atoms in total. The summed E-state index contributed by atoms with van der Waals surface area (Å²) in [5, 5.41) is 0. The lowest BCUT2D eigenvalue weighted by Gasteiger charge is -2.73. The van der Waals surface area contributed by atoms with Gasteiger partial charge in [-0.05, 0) is 117 Å². The highest BCUT2D eigenvalue weighted by Gasteiger charge is 2.71. The van der Waals surface area contributed by atoms with Crippen LogP contribution in [0.5, 0.6) is 0 Å². The van der Waals surface area contributed by atoms with Gasteiger partial charge in [0.2, 0.25) is 0 Å². The van der Waals surface area contributed by atoms with E-state index in [-0.39, 0.29) is 39.7 Å². The number of allylic oxidation sites excluding steroid dienone is 1. The van der Waals surface area contributed by atoms with Gasteiger partial charge < -0.3 is 9.47 Å². The highest BCUT2D eigenvalue weighted by Crippen LogP contribution is 2.77. The minimum atomic E-state index is -0.140. The van der Waals surface area contributed by atoms with E-state index in [4.69, 9.17) is 9.47 Å². The number of carbonyl (C=O) groups excluding carboxylic acids is 2. The Hall–Kier alpha value is -1.32. The van der Waals surface area contributed by atoms with Crippen LogP contribution in [0.3, 0.4) is 0 Å². The van der Waals surface area contributed by atoms with Crippen LogP contribution in [0.15, 0.2) is 12.2 Å². The van der Waals surface area contributed by atoms with Gasteiger partial charge in [0.05, 0.1) is 6.61 Å². The summed E-state index contributed by atoms with van der Waals surface area (Å²) in [6.07, 6.45) is 12.0. The molecule has 0 aromatic carbocycles. The molecule has 5 aliphatic carbocycles. The summed E-state index contributed by atoms with van der Waals surface area (Å²) in [5.74, 6) is 2.76. The first-order valence-electron chi connectivity index (χ1n) is 15.6. The van der Waals surface area contributed by atoms with E-state index in [9.17, 15) is 9.59 Å². The minimum Gasteiger partial charge on any atom is -0.465 e. The fourth-order valence-electron chi connectivity index (χ4n) is 12.2. The van der Waals surface area contributed by atoms with Gasteiger partial charge in [0, 0.05) is 24.7 Å². The standard InChI is InChI=1S/C34H54O4/c1-21(2)24-12-17-34(20-37-22(3)35)19-18-32(8)25(29(24)34)10-11-27-31(7)15-14-28(38-23(4)36)30(5,6)26(31)13-16-33(27,32)9/h24-29H,1,10-20H2,2-9H3/t24-,25?,26?,27?,28?,29?,31?,32+,33?,34?/m0/s1. The first kappa shape index (κ1) is 28.2. The largest absolute Gasteiger partial charge is 0.465 e. The number of carbonyl (C=O) groups is 2. The molecule has 214 valence electrons. The number of ether oxygens (including phenoxy) is 2. The molecule has 0 bridgehead atoms. The van der Waals surface area contributed by atoms with Gasteiger partial charge in [-0.3, -0.25) is 9.59 Å². The second kappa shape index (κ2) is 9.10. The highest BCUT2D eigenvalue weighted by atomic mass is 16.5. The summed E-state index contributed by atoms with van der Waals surface area (Å²) in [6.45, 7) is 23.1. The SMILES string of the molecule is C=C(C)[C@@H]1CCC2(COC(C)=O)CC[C@]3(C)C(CCC4C5(C)CCC(OC(C)=O)C(C)(C)C5CCC43C)C12. The molecule has 0 heterocycles. The van der Waals surface area contributed by atoms with Crippen LogP contribution in [-0.2, 0) is 19.1 Å². The van der Waals surface area contributed by atoms with Gasteiger partial charge >= 0.3 is 11.9 Å². The first-order chi connectivity index (χ1) is 17.6. The van der Waals surface area contributed by atoms with Crippen molar-refractivity contribution < 1.29 is 19.1 Å². The maximum Gasteiger partial charge on any atom is 0.302 e. The molecule has 0 aliphatic heterocycles. The zero-order valence-corrected chi connectivity index (χ0v) is 25.6. The molecule has 0 radical (unpaired) electrons. The first-order valence-corrected chi connectivity index (χ1v) is 15.6. The molecule has 5 fully saturated rings. The Morgan fingerprint density at radius 1 is 0.763 bits per heavy atom. The van der Waals surface area contributed by atoms with E-state index in [1.54, 1.807) is 13.8 Å². The fourth-order valence-corrected chi connectivity index (χ4v) is 12.2. The number of rotatable bonds is 4. The lowest BCUT2D eigenvalue weighted by atomic mass is 9.32. The Morgan fingerprint density at radius 3 is 2.11 bits per heavy atom. The van der Waals surface area contributed by atoms with Gasteiger partial charge in [-0.1, -0.05) is 46.8 Å². The van der Waals surface area contributed by atoms with Crippen LogP contribution < -0.4 is 0 Å². The predicted molar refractivity (Wildman–Crippen MR) is 151 cm³/mol. The van der Waals surface area contributed by atoms with Crippen molar-refractivity contribution in [3.05, 3.63) is 12.2 Å². The zero-order valence-electron chi connectivity index (χ0n) is 25.6. The molecule has 5 saturated carbocycles. The van der Waals surface area contributed by atoms with E-state index in [0.29, 0.717) is 41.6 Å². The van der Waals surface area contributed by atoms with Crippen molar-refractivity contribution in [2.24, 2.45) is 56.7 Å². The van der Waals surface area contributed by atoms with E-state index in [2.05, 4.69) is 48.1 Å². The van der Waals surface area contributed by atoms with Crippen LogP contribution in [0.1, 0.15) is 120 Å². The predicted octanol–water partition coefficient (Wildman–Crippen LogP) is 8.14. The van der Waals surface area contributed by atoms with Gasteiger partial charge in [-0.2, -0.15) is 0 Å². The van der Waals surface area contributed by atoms with E-state index < -0.39 is 0 Å². The quantitative estimate of drug-likeness (QED) is 0.274. The van der Waals surface area contributed by atoms with Crippen LogP contribution in [0.2, 0.25) is 0 Å². The molecule has 8 unspecified atom stereocenters. The summed E-state index contributed by atoms with van der Waals surface area (Å²) in [4.78, 5) is 23.8. The summed E-state index contributed by atoms with van der Waals surface area (Å²) < 4.78 is 11.7. The third-order valence-corrected chi connectivity index (χ3v) is 14.0.